The van der Waals surface area contributed by atoms with Crippen molar-refractivity contribution in [2.45, 2.75) is 18.9 Å². The van der Waals surface area contributed by atoms with E-state index in [1.807, 2.05) is 23.5 Å². The quantitative estimate of drug-likeness (QED) is 0.810. The number of quaternary nitrogens is 1. The summed E-state index contributed by atoms with van der Waals surface area (Å²) >= 11 is 0. The second-order valence-corrected chi connectivity index (χ2v) is 5.84. The summed E-state index contributed by atoms with van der Waals surface area (Å²) in [5, 5.41) is 1.97. The van der Waals surface area contributed by atoms with Crippen LogP contribution in [-0.4, -0.2) is 31.5 Å². The smallest absolute Gasteiger partial charge is 0.292 e. The maximum atomic E-state index is 12.6. The standard InChI is InChI=1S/C19H20N2O3/c1-24-16-9-7-15(8-10-16)21-18(22)13-17(19(21)23)20-12-11-14-5-3-2-4-6-14/h2-10,17,20H,11-13H2,1H3/p+1. The van der Waals surface area contributed by atoms with Gasteiger partial charge in [0.15, 0.2) is 6.04 Å². The van der Waals surface area contributed by atoms with Gasteiger partial charge in [-0.3, -0.25) is 9.59 Å². The Balaban J connectivity index is 1.61. The summed E-state index contributed by atoms with van der Waals surface area (Å²) in [6.45, 7) is 0.782. The van der Waals surface area contributed by atoms with E-state index in [-0.39, 0.29) is 24.3 Å². The Morgan fingerprint density at radius 3 is 2.46 bits per heavy atom. The summed E-state index contributed by atoms with van der Waals surface area (Å²) < 4.78 is 5.11. The van der Waals surface area contributed by atoms with Gasteiger partial charge >= 0.3 is 0 Å². The highest BCUT2D eigenvalue weighted by Crippen LogP contribution is 2.24. The molecule has 1 unspecified atom stereocenters. The van der Waals surface area contributed by atoms with Gasteiger partial charge < -0.3 is 10.1 Å². The number of hydrogen-bond donors (Lipinski definition) is 1. The summed E-state index contributed by atoms with van der Waals surface area (Å²) in [5.41, 5.74) is 1.84. The molecule has 24 heavy (non-hydrogen) atoms. The molecule has 3 rings (SSSR count). The summed E-state index contributed by atoms with van der Waals surface area (Å²) in [6.07, 6.45) is 1.13. The van der Waals surface area contributed by atoms with Crippen molar-refractivity contribution in [1.29, 1.82) is 0 Å². The van der Waals surface area contributed by atoms with Gasteiger partial charge in [-0.25, -0.2) is 4.90 Å². The molecule has 0 aliphatic carbocycles. The predicted molar refractivity (Wildman–Crippen MR) is 90.8 cm³/mol. The zero-order valence-corrected chi connectivity index (χ0v) is 13.6. The van der Waals surface area contributed by atoms with Crippen LogP contribution in [0.5, 0.6) is 5.75 Å². The Bertz CT molecular complexity index is 713. The second kappa shape index (κ2) is 7.27. The molecule has 0 saturated carbocycles. The fourth-order valence-corrected chi connectivity index (χ4v) is 2.94. The highest BCUT2D eigenvalue weighted by molar-refractivity contribution is 6.21. The van der Waals surface area contributed by atoms with Crippen LogP contribution in [0.25, 0.3) is 0 Å². The fourth-order valence-electron chi connectivity index (χ4n) is 2.94. The number of carbonyl (C=O) groups excluding carboxylic acids is 2. The molecule has 1 atom stereocenters. The zero-order chi connectivity index (χ0) is 16.9. The number of carbonyl (C=O) groups is 2. The highest BCUT2D eigenvalue weighted by Gasteiger charge is 2.41. The van der Waals surface area contributed by atoms with Crippen molar-refractivity contribution in [2.24, 2.45) is 0 Å². The van der Waals surface area contributed by atoms with E-state index in [0.717, 1.165) is 13.0 Å². The number of nitrogens with two attached hydrogens (primary N) is 1. The van der Waals surface area contributed by atoms with Crippen molar-refractivity contribution in [3.8, 4) is 5.75 Å². The molecule has 0 bridgehead atoms. The monoisotopic (exact) mass is 325 g/mol. The van der Waals surface area contributed by atoms with E-state index in [4.69, 9.17) is 4.74 Å². The minimum Gasteiger partial charge on any atom is -0.497 e. The number of hydrogen-bond acceptors (Lipinski definition) is 3. The molecule has 0 spiro atoms. The molecule has 2 aromatic carbocycles. The molecule has 1 saturated heterocycles. The number of imide groups is 1. The number of anilines is 1. The molecule has 2 amide bonds. The molecule has 5 heteroatoms. The third-order valence-electron chi connectivity index (χ3n) is 4.24. The fraction of sp³-hybridized carbons (Fsp3) is 0.263. The number of benzene rings is 2. The van der Waals surface area contributed by atoms with Crippen molar-refractivity contribution in [2.75, 3.05) is 18.6 Å². The first kappa shape index (κ1) is 16.2. The molecule has 1 aliphatic heterocycles. The summed E-state index contributed by atoms with van der Waals surface area (Å²) in [5.74, 6) is 0.410. The molecule has 0 radical (unpaired) electrons. The number of nitrogens with zero attached hydrogens (tertiary/aromatic N) is 1. The van der Waals surface area contributed by atoms with E-state index in [2.05, 4.69) is 12.1 Å². The van der Waals surface area contributed by atoms with E-state index in [1.165, 1.54) is 10.5 Å². The van der Waals surface area contributed by atoms with E-state index in [0.29, 0.717) is 11.4 Å². The van der Waals surface area contributed by atoms with Crippen LogP contribution in [0, 0.1) is 0 Å². The molecule has 1 aliphatic rings. The summed E-state index contributed by atoms with van der Waals surface area (Å²) in [6, 6.07) is 16.8. The lowest BCUT2D eigenvalue weighted by Gasteiger charge is -2.14. The van der Waals surface area contributed by atoms with Gasteiger partial charge in [0, 0.05) is 6.42 Å². The molecule has 2 aromatic rings. The normalized spacial score (nSPS) is 17.4. The lowest BCUT2D eigenvalue weighted by atomic mass is 10.1. The Morgan fingerprint density at radius 1 is 1.08 bits per heavy atom. The van der Waals surface area contributed by atoms with E-state index in [1.54, 1.807) is 31.4 Å². The van der Waals surface area contributed by atoms with Crippen molar-refractivity contribution >= 4 is 17.5 Å². The van der Waals surface area contributed by atoms with Crippen molar-refractivity contribution in [1.82, 2.24) is 0 Å². The first-order valence-electron chi connectivity index (χ1n) is 8.07. The minimum absolute atomic E-state index is 0.141. The molecule has 124 valence electrons. The van der Waals surface area contributed by atoms with Crippen LogP contribution in [0.4, 0.5) is 5.69 Å². The largest absolute Gasteiger partial charge is 0.497 e. The van der Waals surface area contributed by atoms with Gasteiger partial charge in [0.2, 0.25) is 5.91 Å². The maximum Gasteiger partial charge on any atom is 0.292 e. The van der Waals surface area contributed by atoms with Gasteiger partial charge in [0.1, 0.15) is 5.75 Å². The van der Waals surface area contributed by atoms with E-state index < -0.39 is 0 Å². The second-order valence-electron chi connectivity index (χ2n) is 5.84. The third-order valence-corrected chi connectivity index (χ3v) is 4.24. The molecular weight excluding hydrogens is 304 g/mol. The predicted octanol–water partition coefficient (Wildman–Crippen LogP) is 1.13. The Morgan fingerprint density at radius 2 is 1.79 bits per heavy atom. The van der Waals surface area contributed by atoms with Crippen LogP contribution in [0.1, 0.15) is 12.0 Å². The lowest BCUT2D eigenvalue weighted by molar-refractivity contribution is -0.674. The number of methoxy groups -OCH3 is 1. The van der Waals surface area contributed by atoms with Crippen molar-refractivity contribution < 1.29 is 19.6 Å². The zero-order valence-electron chi connectivity index (χ0n) is 13.6. The number of rotatable bonds is 6. The SMILES string of the molecule is COc1ccc(N2C(=O)CC([NH2+]CCc3ccccc3)C2=O)cc1. The van der Waals surface area contributed by atoms with Gasteiger partial charge in [0.05, 0.1) is 25.8 Å². The first-order valence-corrected chi connectivity index (χ1v) is 8.07. The average Bonchev–Trinajstić information content (AvgIpc) is 2.90. The van der Waals surface area contributed by atoms with E-state index >= 15 is 0 Å². The Kier molecular flexibility index (Phi) is 4.91. The van der Waals surface area contributed by atoms with Gasteiger partial charge in [0.25, 0.3) is 5.91 Å². The van der Waals surface area contributed by atoms with Gasteiger partial charge in [-0.1, -0.05) is 30.3 Å². The Labute approximate surface area is 141 Å². The topological polar surface area (TPSA) is 63.2 Å². The molecule has 0 aromatic heterocycles. The molecule has 2 N–H and O–H groups in total. The van der Waals surface area contributed by atoms with E-state index in [9.17, 15) is 9.59 Å². The van der Waals surface area contributed by atoms with Gasteiger partial charge in [-0.15, -0.1) is 0 Å². The van der Waals surface area contributed by atoms with Gasteiger partial charge in [-0.2, -0.15) is 0 Å². The average molecular weight is 325 g/mol. The van der Waals surface area contributed by atoms with Crippen LogP contribution < -0.4 is 15.0 Å². The van der Waals surface area contributed by atoms with Crippen LogP contribution in [0.15, 0.2) is 54.6 Å². The number of amides is 2. The minimum atomic E-state index is -0.330. The summed E-state index contributed by atoms with van der Waals surface area (Å²) in [4.78, 5) is 26.1. The van der Waals surface area contributed by atoms with Crippen molar-refractivity contribution in [3.05, 3.63) is 60.2 Å². The molecular formula is C19H21N2O3+. The third kappa shape index (κ3) is 3.46. The lowest BCUT2D eigenvalue weighted by Crippen LogP contribution is -2.92. The summed E-state index contributed by atoms with van der Waals surface area (Å²) in [7, 11) is 1.58. The van der Waals surface area contributed by atoms with Crippen molar-refractivity contribution in [3.63, 3.8) is 0 Å². The molecule has 5 nitrogen and oxygen atoms in total. The maximum absolute atomic E-state index is 12.6. The first-order chi connectivity index (χ1) is 11.7. The van der Waals surface area contributed by atoms with Crippen LogP contribution in [-0.2, 0) is 16.0 Å². The van der Waals surface area contributed by atoms with Gasteiger partial charge in [-0.05, 0) is 29.8 Å². The highest BCUT2D eigenvalue weighted by atomic mass is 16.5. The van der Waals surface area contributed by atoms with Crippen LogP contribution in [0.2, 0.25) is 0 Å². The number of ether oxygens (including phenoxy) is 1. The van der Waals surface area contributed by atoms with Crippen LogP contribution >= 0.6 is 0 Å². The van der Waals surface area contributed by atoms with Crippen LogP contribution in [0.3, 0.4) is 0 Å². The molecule has 1 fully saturated rings. The Hall–Kier alpha value is -2.66. The molecule has 1 heterocycles.